The number of nitrogens with zero attached hydrogens (tertiary/aromatic N) is 2. The molecule has 182 valence electrons. The number of carbonyl (C=O) groups is 1. The number of hydrogen-bond acceptors (Lipinski definition) is 7. The predicted molar refractivity (Wildman–Crippen MR) is 130 cm³/mol. The van der Waals surface area contributed by atoms with Gasteiger partial charge in [-0.1, -0.05) is 25.5 Å². The molecule has 1 amide bonds. The van der Waals surface area contributed by atoms with Crippen LogP contribution in [0.1, 0.15) is 36.2 Å². The van der Waals surface area contributed by atoms with Crippen LogP contribution >= 0.6 is 11.3 Å². The number of amides is 1. The molecule has 1 aromatic heterocycles. The van der Waals surface area contributed by atoms with Crippen LogP contribution in [0.15, 0.2) is 35.7 Å². The van der Waals surface area contributed by atoms with Gasteiger partial charge in [0.2, 0.25) is 5.91 Å². The van der Waals surface area contributed by atoms with Crippen molar-refractivity contribution in [1.82, 2.24) is 9.80 Å². The highest BCUT2D eigenvalue weighted by Crippen LogP contribution is 2.35. The van der Waals surface area contributed by atoms with Crippen LogP contribution in [0.2, 0.25) is 0 Å². The first-order chi connectivity index (χ1) is 16.1. The second kappa shape index (κ2) is 12.9. The lowest BCUT2D eigenvalue weighted by Gasteiger charge is -2.37. The summed E-state index contributed by atoms with van der Waals surface area (Å²) in [6.07, 6.45) is 2.02. The van der Waals surface area contributed by atoms with Gasteiger partial charge in [-0.05, 0) is 42.0 Å². The molecule has 0 fully saturated rings. The summed E-state index contributed by atoms with van der Waals surface area (Å²) >= 11 is 1.73. The zero-order chi connectivity index (χ0) is 23.6. The lowest BCUT2D eigenvalue weighted by molar-refractivity contribution is -0.136. The van der Waals surface area contributed by atoms with E-state index in [9.17, 15) is 9.90 Å². The number of rotatable bonds is 13. The van der Waals surface area contributed by atoms with E-state index in [1.165, 1.54) is 4.88 Å². The number of ether oxygens (including phenoxy) is 3. The maximum atomic E-state index is 13.5. The maximum absolute atomic E-state index is 13.5. The lowest BCUT2D eigenvalue weighted by Crippen LogP contribution is -2.48. The molecule has 33 heavy (non-hydrogen) atoms. The summed E-state index contributed by atoms with van der Waals surface area (Å²) in [5.74, 6) is 1.38. The Balaban J connectivity index is 1.73. The van der Waals surface area contributed by atoms with Crippen molar-refractivity contribution in [2.24, 2.45) is 0 Å². The molecule has 0 unspecified atom stereocenters. The minimum absolute atomic E-state index is 0.0419. The Morgan fingerprint density at radius 3 is 2.79 bits per heavy atom. The van der Waals surface area contributed by atoms with E-state index in [-0.39, 0.29) is 18.5 Å². The van der Waals surface area contributed by atoms with Crippen LogP contribution in [0.3, 0.4) is 0 Å². The topological polar surface area (TPSA) is 71.5 Å². The highest BCUT2D eigenvalue weighted by atomic mass is 32.1. The quantitative estimate of drug-likeness (QED) is 0.478. The van der Waals surface area contributed by atoms with E-state index < -0.39 is 6.10 Å². The average Bonchev–Trinajstić information content (AvgIpc) is 3.30. The third-order valence-electron chi connectivity index (χ3n) is 5.94. The summed E-state index contributed by atoms with van der Waals surface area (Å²) in [5, 5.41) is 12.4. The van der Waals surface area contributed by atoms with Crippen LogP contribution in [0.5, 0.6) is 11.5 Å². The second-order valence-electron chi connectivity index (χ2n) is 8.28. The fourth-order valence-electron chi connectivity index (χ4n) is 4.24. The Morgan fingerprint density at radius 2 is 2.06 bits per heavy atom. The third kappa shape index (κ3) is 6.93. The van der Waals surface area contributed by atoms with Crippen molar-refractivity contribution in [2.75, 3.05) is 53.6 Å². The Hall–Kier alpha value is -2.13. The van der Waals surface area contributed by atoms with E-state index in [0.29, 0.717) is 44.3 Å². The molecular formula is C25H36N2O5S. The van der Waals surface area contributed by atoms with E-state index in [4.69, 9.17) is 14.2 Å². The summed E-state index contributed by atoms with van der Waals surface area (Å²) in [7, 11) is 3.27. The van der Waals surface area contributed by atoms with Crippen molar-refractivity contribution in [2.45, 2.75) is 38.3 Å². The summed E-state index contributed by atoms with van der Waals surface area (Å²) in [5.41, 5.74) is 1.16. The molecule has 1 aliphatic heterocycles. The number of carbonyl (C=O) groups excluding carboxylic acids is 1. The minimum atomic E-state index is -0.450. The second-order valence-corrected chi connectivity index (χ2v) is 9.28. The van der Waals surface area contributed by atoms with Gasteiger partial charge in [0.1, 0.15) is 6.61 Å². The van der Waals surface area contributed by atoms with Crippen molar-refractivity contribution in [3.63, 3.8) is 0 Å². The molecular weight excluding hydrogens is 440 g/mol. The van der Waals surface area contributed by atoms with E-state index in [2.05, 4.69) is 11.4 Å². The summed E-state index contributed by atoms with van der Waals surface area (Å²) in [6, 6.07) is 9.49. The van der Waals surface area contributed by atoms with Crippen LogP contribution in [-0.2, 0) is 16.0 Å². The number of methoxy groups -OCH3 is 2. The molecule has 3 rings (SSSR count). The van der Waals surface area contributed by atoms with Crippen molar-refractivity contribution < 1.29 is 24.1 Å². The molecule has 2 atom stereocenters. The summed E-state index contributed by atoms with van der Waals surface area (Å²) < 4.78 is 16.8. The van der Waals surface area contributed by atoms with Crippen LogP contribution in [0.25, 0.3) is 0 Å². The van der Waals surface area contributed by atoms with Gasteiger partial charge >= 0.3 is 0 Å². The smallest absolute Gasteiger partial charge is 0.237 e. The van der Waals surface area contributed by atoms with Crippen molar-refractivity contribution >= 4 is 17.2 Å². The van der Waals surface area contributed by atoms with Gasteiger partial charge in [-0.25, -0.2) is 0 Å². The van der Waals surface area contributed by atoms with Gasteiger partial charge in [0, 0.05) is 31.6 Å². The first-order valence-corrected chi connectivity index (χ1v) is 12.5. The van der Waals surface area contributed by atoms with E-state index >= 15 is 0 Å². The van der Waals surface area contributed by atoms with Crippen LogP contribution in [0.4, 0.5) is 0 Å². The molecule has 1 aromatic carbocycles. The summed E-state index contributed by atoms with van der Waals surface area (Å²) in [4.78, 5) is 18.7. The van der Waals surface area contributed by atoms with Crippen molar-refractivity contribution in [3.8, 4) is 11.5 Å². The normalized spacial score (nSPS) is 16.5. The van der Waals surface area contributed by atoms with Gasteiger partial charge < -0.3 is 24.2 Å². The number of fused-ring (bicyclic) bond motifs is 1. The van der Waals surface area contributed by atoms with Crippen LogP contribution in [0, 0.1) is 0 Å². The predicted octanol–water partition coefficient (Wildman–Crippen LogP) is 3.37. The molecule has 0 radical (unpaired) electrons. The zero-order valence-corrected chi connectivity index (χ0v) is 20.7. The highest BCUT2D eigenvalue weighted by Gasteiger charge is 2.33. The van der Waals surface area contributed by atoms with Crippen molar-refractivity contribution in [3.05, 3.63) is 46.2 Å². The Bertz CT molecular complexity index is 874. The molecule has 8 heteroatoms. The Labute approximate surface area is 200 Å². The van der Waals surface area contributed by atoms with Gasteiger partial charge in [0.25, 0.3) is 0 Å². The first kappa shape index (κ1) is 25.5. The number of aliphatic hydroxyl groups excluding tert-OH is 1. The molecule has 0 saturated heterocycles. The largest absolute Gasteiger partial charge is 0.493 e. The monoisotopic (exact) mass is 476 g/mol. The van der Waals surface area contributed by atoms with E-state index in [1.54, 1.807) is 25.6 Å². The number of aliphatic hydroxyl groups is 1. The lowest BCUT2D eigenvalue weighted by atomic mass is 10.0. The number of hydrogen-bond donors (Lipinski definition) is 1. The maximum Gasteiger partial charge on any atom is 0.237 e. The Morgan fingerprint density at radius 1 is 1.27 bits per heavy atom. The van der Waals surface area contributed by atoms with E-state index in [1.807, 2.05) is 41.0 Å². The molecule has 7 nitrogen and oxygen atoms in total. The highest BCUT2D eigenvalue weighted by molar-refractivity contribution is 7.10. The standard InChI is InChI=1S/C25H36N2O5S/c1-4-7-19(28)16-26(13-14-30-2)17-25(29)27-12-10-24-20(11-15-33-24)21(27)18-32-23-9-6-5-8-22(23)31-3/h5-6,8-9,11,15,19,21,28H,4,7,10,12-14,16-18H2,1-3H3/t19-,21+/m1/s1. The fourth-order valence-corrected chi connectivity index (χ4v) is 5.17. The van der Waals surface area contributed by atoms with Crippen LogP contribution < -0.4 is 9.47 Å². The van der Waals surface area contributed by atoms with E-state index in [0.717, 1.165) is 24.8 Å². The number of benzene rings is 1. The molecule has 0 spiro atoms. The summed E-state index contributed by atoms with van der Waals surface area (Å²) in [6.45, 7) is 4.88. The number of para-hydroxylation sites is 2. The zero-order valence-electron chi connectivity index (χ0n) is 19.9. The van der Waals surface area contributed by atoms with Gasteiger partial charge in [0.15, 0.2) is 11.5 Å². The molecule has 0 saturated carbocycles. The Kier molecular flexibility index (Phi) is 9.99. The van der Waals surface area contributed by atoms with Crippen molar-refractivity contribution in [1.29, 1.82) is 0 Å². The molecule has 2 heterocycles. The third-order valence-corrected chi connectivity index (χ3v) is 6.94. The molecule has 1 aliphatic rings. The minimum Gasteiger partial charge on any atom is -0.493 e. The van der Waals surface area contributed by atoms with Gasteiger partial charge in [-0.3, -0.25) is 9.69 Å². The average molecular weight is 477 g/mol. The van der Waals surface area contributed by atoms with Gasteiger partial charge in [0.05, 0.1) is 32.4 Å². The molecule has 1 N–H and O–H groups in total. The molecule has 2 aromatic rings. The van der Waals surface area contributed by atoms with Gasteiger partial charge in [-0.2, -0.15) is 0 Å². The number of thiophene rings is 1. The first-order valence-electron chi connectivity index (χ1n) is 11.6. The molecule has 0 aliphatic carbocycles. The SMILES string of the molecule is CCC[C@@H](O)CN(CCOC)CC(=O)N1CCc2sccc2[C@@H]1COc1ccccc1OC. The molecule has 0 bridgehead atoms. The van der Waals surface area contributed by atoms with Gasteiger partial charge in [-0.15, -0.1) is 11.3 Å². The fraction of sp³-hybridized carbons (Fsp3) is 0.560. The van der Waals surface area contributed by atoms with Crippen LogP contribution in [-0.4, -0.2) is 80.5 Å².